The highest BCUT2D eigenvalue weighted by Crippen LogP contribution is 2.75. The minimum Gasteiger partial charge on any atom is -0.448 e. The van der Waals surface area contributed by atoms with E-state index in [1.54, 1.807) is 12.1 Å². The van der Waals surface area contributed by atoms with Gasteiger partial charge in [-0.05, 0) is 56.1 Å². The molecule has 6 nitrogen and oxygen atoms in total. The number of carbonyl (C=O) groups is 3. The molecule has 6 heteroatoms. The second kappa shape index (κ2) is 6.33. The second-order valence-corrected chi connectivity index (χ2v) is 8.94. The van der Waals surface area contributed by atoms with E-state index in [-0.39, 0.29) is 23.3 Å². The largest absolute Gasteiger partial charge is 0.448 e. The van der Waals surface area contributed by atoms with Gasteiger partial charge in [0.05, 0.1) is 11.0 Å². The lowest BCUT2D eigenvalue weighted by Gasteiger charge is -2.37. The van der Waals surface area contributed by atoms with Gasteiger partial charge in [-0.1, -0.05) is 18.2 Å². The third-order valence-electron chi connectivity index (χ3n) is 7.22. The lowest BCUT2D eigenvalue weighted by atomic mass is 9.89. The Morgan fingerprint density at radius 3 is 2.57 bits per heavy atom. The first-order valence-corrected chi connectivity index (χ1v) is 10.4. The number of piperidine rings is 1. The number of cyclic esters (lactones) is 1. The summed E-state index contributed by atoms with van der Waals surface area (Å²) in [4.78, 5) is 39.2. The summed E-state index contributed by atoms with van der Waals surface area (Å²) >= 11 is 0. The van der Waals surface area contributed by atoms with Crippen LogP contribution < -0.4 is 5.32 Å². The van der Waals surface area contributed by atoms with Crippen molar-refractivity contribution in [2.45, 2.75) is 51.2 Å². The number of fused-ring (bicyclic) bond motifs is 2. The summed E-state index contributed by atoms with van der Waals surface area (Å²) in [6, 6.07) is 7.45. The normalized spacial score (nSPS) is 31.9. The molecule has 2 atom stereocenters. The molecule has 2 heterocycles. The molecule has 0 spiro atoms. The highest BCUT2D eigenvalue weighted by molar-refractivity contribution is 5.95. The quantitative estimate of drug-likeness (QED) is 0.808. The van der Waals surface area contributed by atoms with Crippen molar-refractivity contribution in [3.63, 3.8) is 0 Å². The second-order valence-electron chi connectivity index (χ2n) is 8.94. The van der Waals surface area contributed by atoms with E-state index in [1.165, 1.54) is 0 Å². The molecule has 2 aliphatic carbocycles. The summed E-state index contributed by atoms with van der Waals surface area (Å²) in [6.07, 6.45) is 3.58. The fourth-order valence-corrected chi connectivity index (χ4v) is 4.83. The number of likely N-dealkylation sites (tertiary alicyclic amines) is 1. The summed E-state index contributed by atoms with van der Waals surface area (Å²) in [7, 11) is 0. The number of amides is 2. The molecule has 1 aromatic carbocycles. The molecular formula is C22H26N2O4. The van der Waals surface area contributed by atoms with Crippen LogP contribution in [0, 0.1) is 17.3 Å². The van der Waals surface area contributed by atoms with Crippen molar-refractivity contribution in [1.82, 2.24) is 10.2 Å². The third kappa shape index (κ3) is 2.90. The Morgan fingerprint density at radius 1 is 1.21 bits per heavy atom. The number of hydrogen-bond acceptors (Lipinski definition) is 4. The summed E-state index contributed by atoms with van der Waals surface area (Å²) in [5.41, 5.74) is 1.44. The zero-order valence-corrected chi connectivity index (χ0v) is 16.1. The molecule has 28 heavy (non-hydrogen) atoms. The molecule has 4 aliphatic rings. The molecule has 5 rings (SSSR count). The van der Waals surface area contributed by atoms with Crippen molar-refractivity contribution in [2.75, 3.05) is 13.1 Å². The van der Waals surface area contributed by atoms with Gasteiger partial charge >= 0.3 is 5.97 Å². The van der Waals surface area contributed by atoms with E-state index in [0.717, 1.165) is 31.2 Å². The summed E-state index contributed by atoms with van der Waals surface area (Å²) in [5.74, 6) is 0.758. The van der Waals surface area contributed by atoms with Crippen LogP contribution in [-0.4, -0.2) is 47.9 Å². The van der Waals surface area contributed by atoms with Crippen LogP contribution in [0.2, 0.25) is 0 Å². The lowest BCUT2D eigenvalue weighted by molar-refractivity contribution is -0.142. The number of nitrogens with one attached hydrogen (secondary N) is 1. The predicted octanol–water partition coefficient (Wildman–Crippen LogP) is 1.92. The standard InChI is InChI=1S/C22H26N2O4/c1-13(23-21(27)22-11-16(22)12-22)14-6-8-24(9-7-14)19(25)18-10-15-4-2-3-5-17(15)20(26)28-18/h2-5,13-14,16,18H,6-12H2,1H3,(H,23,27). The summed E-state index contributed by atoms with van der Waals surface area (Å²) < 4.78 is 5.42. The van der Waals surface area contributed by atoms with Crippen LogP contribution in [0.5, 0.6) is 0 Å². The van der Waals surface area contributed by atoms with Gasteiger partial charge in [0.1, 0.15) is 0 Å². The zero-order valence-electron chi connectivity index (χ0n) is 16.1. The van der Waals surface area contributed by atoms with Gasteiger partial charge in [0.25, 0.3) is 5.91 Å². The molecular weight excluding hydrogens is 356 g/mol. The number of benzene rings is 1. The maximum Gasteiger partial charge on any atom is 0.339 e. The van der Waals surface area contributed by atoms with Crippen LogP contribution in [0.4, 0.5) is 0 Å². The van der Waals surface area contributed by atoms with E-state index >= 15 is 0 Å². The number of hydrogen-bond donors (Lipinski definition) is 1. The van der Waals surface area contributed by atoms with Crippen LogP contribution in [0.1, 0.15) is 48.5 Å². The van der Waals surface area contributed by atoms with Gasteiger partial charge in [0.15, 0.2) is 6.10 Å². The molecule has 3 fully saturated rings. The first-order valence-electron chi connectivity index (χ1n) is 10.4. The van der Waals surface area contributed by atoms with Crippen molar-refractivity contribution in [3.8, 4) is 0 Å². The molecule has 0 bridgehead atoms. The fourth-order valence-electron chi connectivity index (χ4n) is 4.83. The van der Waals surface area contributed by atoms with Gasteiger partial charge in [-0.25, -0.2) is 4.79 Å². The van der Waals surface area contributed by atoms with Gasteiger partial charge in [-0.2, -0.15) is 0 Å². The average molecular weight is 382 g/mol. The molecule has 2 saturated carbocycles. The molecule has 0 radical (unpaired) electrons. The Hall–Kier alpha value is -2.37. The highest BCUT2D eigenvalue weighted by Gasteiger charge is 2.74. The Morgan fingerprint density at radius 2 is 1.89 bits per heavy atom. The Labute approximate surface area is 164 Å². The van der Waals surface area contributed by atoms with Gasteiger partial charge < -0.3 is 15.0 Å². The van der Waals surface area contributed by atoms with E-state index in [2.05, 4.69) is 12.2 Å². The Bertz CT molecular complexity index is 837. The van der Waals surface area contributed by atoms with Gasteiger partial charge in [-0.3, -0.25) is 9.59 Å². The predicted molar refractivity (Wildman–Crippen MR) is 101 cm³/mol. The van der Waals surface area contributed by atoms with Crippen molar-refractivity contribution in [3.05, 3.63) is 35.4 Å². The monoisotopic (exact) mass is 382 g/mol. The third-order valence-corrected chi connectivity index (χ3v) is 7.22. The molecule has 0 aromatic heterocycles. The van der Waals surface area contributed by atoms with Crippen molar-refractivity contribution in [1.29, 1.82) is 0 Å². The van der Waals surface area contributed by atoms with E-state index in [4.69, 9.17) is 4.74 Å². The Kier molecular flexibility index (Phi) is 4.00. The van der Waals surface area contributed by atoms with Crippen LogP contribution in [0.15, 0.2) is 24.3 Å². The van der Waals surface area contributed by atoms with Gasteiger partial charge in [0.2, 0.25) is 5.91 Å². The highest BCUT2D eigenvalue weighted by atomic mass is 16.5. The molecule has 148 valence electrons. The van der Waals surface area contributed by atoms with Crippen LogP contribution in [0.3, 0.4) is 0 Å². The van der Waals surface area contributed by atoms with Crippen molar-refractivity contribution >= 4 is 17.8 Å². The topological polar surface area (TPSA) is 75.7 Å². The molecule has 1 aromatic rings. The first-order chi connectivity index (χ1) is 13.5. The minimum absolute atomic E-state index is 0.00603. The van der Waals surface area contributed by atoms with Crippen molar-refractivity contribution < 1.29 is 19.1 Å². The van der Waals surface area contributed by atoms with E-state index < -0.39 is 12.1 Å². The van der Waals surface area contributed by atoms with Crippen LogP contribution in [-0.2, 0) is 20.7 Å². The smallest absolute Gasteiger partial charge is 0.339 e. The number of nitrogens with zero attached hydrogens (tertiary/aromatic N) is 1. The molecule has 2 amide bonds. The fraction of sp³-hybridized carbons (Fsp3) is 0.591. The number of esters is 1. The maximum atomic E-state index is 12.9. The average Bonchev–Trinajstić information content (AvgIpc) is 3.58. The lowest BCUT2D eigenvalue weighted by Crippen LogP contribution is -2.50. The van der Waals surface area contributed by atoms with E-state index in [1.807, 2.05) is 17.0 Å². The SMILES string of the molecule is CC(NC(=O)C12CC1C2)C1CCN(C(=O)C2Cc3ccccc3C(=O)O2)CC1. The summed E-state index contributed by atoms with van der Waals surface area (Å²) in [5, 5.41) is 3.21. The van der Waals surface area contributed by atoms with Crippen LogP contribution >= 0.6 is 0 Å². The van der Waals surface area contributed by atoms with Gasteiger partial charge in [0, 0.05) is 25.6 Å². The van der Waals surface area contributed by atoms with Crippen molar-refractivity contribution in [2.24, 2.45) is 17.3 Å². The zero-order chi connectivity index (χ0) is 19.5. The van der Waals surface area contributed by atoms with E-state index in [9.17, 15) is 14.4 Å². The van der Waals surface area contributed by atoms with Crippen LogP contribution in [0.25, 0.3) is 0 Å². The van der Waals surface area contributed by atoms with E-state index in [0.29, 0.717) is 36.9 Å². The Balaban J connectivity index is 1.15. The summed E-state index contributed by atoms with van der Waals surface area (Å²) in [6.45, 7) is 3.37. The minimum atomic E-state index is -0.725. The molecule has 1 saturated heterocycles. The first kappa shape index (κ1) is 17.7. The maximum absolute atomic E-state index is 12.9. The number of carbonyl (C=O) groups excluding carboxylic acids is 3. The number of ether oxygens (including phenoxy) is 1. The number of rotatable bonds is 4. The molecule has 1 N–H and O–H groups in total. The molecule has 2 aliphatic heterocycles. The van der Waals surface area contributed by atoms with Gasteiger partial charge in [-0.15, -0.1) is 0 Å². The molecule has 2 unspecified atom stereocenters.